The number of benzene rings is 1. The second-order valence-electron chi connectivity index (χ2n) is 5.46. The lowest BCUT2D eigenvalue weighted by molar-refractivity contribution is -0.137. The summed E-state index contributed by atoms with van der Waals surface area (Å²) in [6.07, 6.45) is 4.05. The van der Waals surface area contributed by atoms with Crippen LogP contribution < -0.4 is 10.5 Å². The molecule has 0 aliphatic carbocycles. The van der Waals surface area contributed by atoms with Gasteiger partial charge in [0.25, 0.3) is 5.91 Å². The standard InChI is InChI=1S/C16H23ClN2O2/c1-12(16(20)19-8-4-2-3-5-9-19)21-15-7-6-14(17)10-13(15)11-18/h6-7,10,12H,2-5,8-9,11,18H2,1H3. The van der Waals surface area contributed by atoms with Crippen molar-refractivity contribution in [2.75, 3.05) is 13.1 Å². The SMILES string of the molecule is CC(Oc1ccc(Cl)cc1CN)C(=O)N1CCCCCC1. The third kappa shape index (κ3) is 4.35. The Balaban J connectivity index is 2.03. The molecule has 0 spiro atoms. The number of carbonyl (C=O) groups is 1. The maximum absolute atomic E-state index is 12.5. The number of carbonyl (C=O) groups excluding carboxylic acids is 1. The van der Waals surface area contributed by atoms with Crippen molar-refractivity contribution in [1.29, 1.82) is 0 Å². The van der Waals surface area contributed by atoms with E-state index in [2.05, 4.69) is 0 Å². The third-order valence-corrected chi connectivity index (χ3v) is 4.05. The van der Waals surface area contributed by atoms with Crippen LogP contribution in [0.15, 0.2) is 18.2 Å². The largest absolute Gasteiger partial charge is 0.481 e. The summed E-state index contributed by atoms with van der Waals surface area (Å²) in [6, 6.07) is 5.30. The van der Waals surface area contributed by atoms with E-state index in [1.54, 1.807) is 25.1 Å². The minimum absolute atomic E-state index is 0.0508. The van der Waals surface area contributed by atoms with Gasteiger partial charge in [0, 0.05) is 30.2 Å². The summed E-state index contributed by atoms with van der Waals surface area (Å²) in [7, 11) is 0. The molecular formula is C16H23ClN2O2. The van der Waals surface area contributed by atoms with Crippen LogP contribution in [0.4, 0.5) is 0 Å². The highest BCUT2D eigenvalue weighted by atomic mass is 35.5. The van der Waals surface area contributed by atoms with E-state index >= 15 is 0 Å². The van der Waals surface area contributed by atoms with Gasteiger partial charge in [0.1, 0.15) is 5.75 Å². The van der Waals surface area contributed by atoms with Crippen LogP contribution in [0.1, 0.15) is 38.2 Å². The summed E-state index contributed by atoms with van der Waals surface area (Å²) in [5.41, 5.74) is 6.52. The first-order valence-electron chi connectivity index (χ1n) is 7.55. The van der Waals surface area contributed by atoms with Crippen molar-refractivity contribution in [3.63, 3.8) is 0 Å². The maximum atomic E-state index is 12.5. The van der Waals surface area contributed by atoms with Crippen molar-refractivity contribution in [2.24, 2.45) is 5.73 Å². The average Bonchev–Trinajstić information content (AvgIpc) is 2.77. The van der Waals surface area contributed by atoms with Crippen LogP contribution in [0, 0.1) is 0 Å². The summed E-state index contributed by atoms with van der Waals surface area (Å²) in [6.45, 7) is 3.79. The molecule has 21 heavy (non-hydrogen) atoms. The lowest BCUT2D eigenvalue weighted by Gasteiger charge is -2.25. The Kier molecular flexibility index (Phi) is 5.88. The number of halogens is 1. The Labute approximate surface area is 131 Å². The van der Waals surface area contributed by atoms with E-state index in [0.29, 0.717) is 17.3 Å². The second kappa shape index (κ2) is 7.66. The number of rotatable bonds is 4. The molecule has 116 valence electrons. The van der Waals surface area contributed by atoms with Crippen LogP contribution in [0.25, 0.3) is 0 Å². The first-order valence-corrected chi connectivity index (χ1v) is 7.93. The Morgan fingerprint density at radius 3 is 2.62 bits per heavy atom. The van der Waals surface area contributed by atoms with Gasteiger partial charge in [-0.15, -0.1) is 0 Å². The normalized spacial score (nSPS) is 17.2. The van der Waals surface area contributed by atoms with Crippen LogP contribution >= 0.6 is 11.6 Å². The highest BCUT2D eigenvalue weighted by Gasteiger charge is 2.23. The highest BCUT2D eigenvalue weighted by Crippen LogP contribution is 2.24. The fraction of sp³-hybridized carbons (Fsp3) is 0.562. The molecule has 1 heterocycles. The van der Waals surface area contributed by atoms with Gasteiger partial charge in [-0.25, -0.2) is 0 Å². The van der Waals surface area contributed by atoms with Crippen LogP contribution in [0.2, 0.25) is 5.02 Å². The molecule has 1 amide bonds. The van der Waals surface area contributed by atoms with E-state index in [-0.39, 0.29) is 5.91 Å². The number of hydrogen-bond acceptors (Lipinski definition) is 3. The molecule has 1 saturated heterocycles. The summed E-state index contributed by atoms with van der Waals surface area (Å²) in [4.78, 5) is 14.4. The number of likely N-dealkylation sites (tertiary alicyclic amines) is 1. The van der Waals surface area contributed by atoms with Gasteiger partial charge >= 0.3 is 0 Å². The summed E-state index contributed by atoms with van der Waals surface area (Å²) >= 11 is 5.95. The molecule has 0 saturated carbocycles. The molecule has 1 aromatic carbocycles. The van der Waals surface area contributed by atoms with Gasteiger partial charge < -0.3 is 15.4 Å². The molecule has 0 aromatic heterocycles. The molecular weight excluding hydrogens is 288 g/mol. The lowest BCUT2D eigenvalue weighted by Crippen LogP contribution is -2.41. The maximum Gasteiger partial charge on any atom is 0.263 e. The number of amides is 1. The number of ether oxygens (including phenoxy) is 1. The predicted octanol–water partition coefficient (Wildman–Crippen LogP) is 2.97. The van der Waals surface area contributed by atoms with Gasteiger partial charge in [0.15, 0.2) is 6.10 Å². The van der Waals surface area contributed by atoms with Gasteiger partial charge in [0.2, 0.25) is 0 Å². The van der Waals surface area contributed by atoms with Crippen molar-refractivity contribution in [1.82, 2.24) is 4.90 Å². The summed E-state index contributed by atoms with van der Waals surface area (Å²) < 4.78 is 5.82. The molecule has 1 atom stereocenters. The molecule has 1 unspecified atom stereocenters. The van der Waals surface area contributed by atoms with Crippen molar-refractivity contribution in [3.05, 3.63) is 28.8 Å². The Morgan fingerprint density at radius 2 is 2.00 bits per heavy atom. The fourth-order valence-electron chi connectivity index (χ4n) is 2.61. The number of nitrogens with two attached hydrogens (primary N) is 1. The Morgan fingerprint density at radius 1 is 1.33 bits per heavy atom. The topological polar surface area (TPSA) is 55.6 Å². The summed E-state index contributed by atoms with van der Waals surface area (Å²) in [5.74, 6) is 0.687. The molecule has 5 heteroatoms. The zero-order valence-corrected chi connectivity index (χ0v) is 13.2. The predicted molar refractivity (Wildman–Crippen MR) is 84.5 cm³/mol. The van der Waals surface area contributed by atoms with Crippen molar-refractivity contribution in [2.45, 2.75) is 45.3 Å². The van der Waals surface area contributed by atoms with Gasteiger partial charge in [-0.05, 0) is 38.0 Å². The summed E-state index contributed by atoms with van der Waals surface area (Å²) in [5, 5.41) is 0.620. The quantitative estimate of drug-likeness (QED) is 0.930. The molecule has 2 rings (SSSR count). The molecule has 0 bridgehead atoms. The van der Waals surface area contributed by atoms with Crippen LogP contribution in [0.3, 0.4) is 0 Å². The van der Waals surface area contributed by atoms with Crippen molar-refractivity contribution >= 4 is 17.5 Å². The van der Waals surface area contributed by atoms with Gasteiger partial charge in [0.05, 0.1) is 0 Å². The van der Waals surface area contributed by atoms with E-state index in [1.165, 1.54) is 12.8 Å². The van der Waals surface area contributed by atoms with E-state index in [1.807, 2.05) is 4.90 Å². The van der Waals surface area contributed by atoms with Crippen LogP contribution in [0.5, 0.6) is 5.75 Å². The van der Waals surface area contributed by atoms with E-state index in [0.717, 1.165) is 31.5 Å². The zero-order valence-electron chi connectivity index (χ0n) is 12.5. The van der Waals surface area contributed by atoms with Crippen LogP contribution in [-0.4, -0.2) is 30.0 Å². The molecule has 4 nitrogen and oxygen atoms in total. The fourth-order valence-corrected chi connectivity index (χ4v) is 2.81. The van der Waals surface area contributed by atoms with Crippen molar-refractivity contribution in [3.8, 4) is 5.75 Å². The molecule has 1 fully saturated rings. The van der Waals surface area contributed by atoms with Gasteiger partial charge in [-0.1, -0.05) is 24.4 Å². The molecule has 1 aliphatic heterocycles. The Bertz CT molecular complexity index is 485. The number of nitrogens with zero attached hydrogens (tertiary/aromatic N) is 1. The lowest BCUT2D eigenvalue weighted by atomic mass is 10.2. The number of hydrogen-bond donors (Lipinski definition) is 1. The molecule has 1 aromatic rings. The highest BCUT2D eigenvalue weighted by molar-refractivity contribution is 6.30. The Hall–Kier alpha value is -1.26. The second-order valence-corrected chi connectivity index (χ2v) is 5.89. The van der Waals surface area contributed by atoms with E-state index in [9.17, 15) is 4.79 Å². The van der Waals surface area contributed by atoms with Gasteiger partial charge in [-0.3, -0.25) is 4.79 Å². The monoisotopic (exact) mass is 310 g/mol. The molecule has 0 radical (unpaired) electrons. The minimum atomic E-state index is -0.505. The average molecular weight is 311 g/mol. The first kappa shape index (κ1) is 16.1. The molecule has 2 N–H and O–H groups in total. The zero-order chi connectivity index (χ0) is 15.2. The van der Waals surface area contributed by atoms with E-state index in [4.69, 9.17) is 22.1 Å². The van der Waals surface area contributed by atoms with Crippen molar-refractivity contribution < 1.29 is 9.53 Å². The smallest absolute Gasteiger partial charge is 0.263 e. The third-order valence-electron chi connectivity index (χ3n) is 3.81. The van der Waals surface area contributed by atoms with Crippen LogP contribution in [-0.2, 0) is 11.3 Å². The van der Waals surface area contributed by atoms with Gasteiger partial charge in [-0.2, -0.15) is 0 Å². The first-order chi connectivity index (χ1) is 10.1. The van der Waals surface area contributed by atoms with E-state index < -0.39 is 6.10 Å². The molecule has 1 aliphatic rings. The minimum Gasteiger partial charge on any atom is -0.481 e.